The number of carbonyl (C=O) groups is 1. The fourth-order valence-corrected chi connectivity index (χ4v) is 2.26. The highest BCUT2D eigenvalue weighted by molar-refractivity contribution is 5.69. The highest BCUT2D eigenvalue weighted by atomic mass is 16.5. The van der Waals surface area contributed by atoms with Crippen molar-refractivity contribution < 1.29 is 14.3 Å². The fourth-order valence-electron chi connectivity index (χ4n) is 2.26. The molecule has 1 aliphatic carbocycles. The summed E-state index contributed by atoms with van der Waals surface area (Å²) >= 11 is 0. The van der Waals surface area contributed by atoms with Gasteiger partial charge in [-0.2, -0.15) is 0 Å². The second-order valence-electron chi connectivity index (χ2n) is 4.53. The minimum atomic E-state index is -0.260. The number of methoxy groups -OCH3 is 1. The minimum Gasteiger partial charge on any atom is -0.493 e. The number of hydrogen-bond acceptors (Lipinski definition) is 4. The van der Waals surface area contributed by atoms with E-state index in [0.717, 1.165) is 25.0 Å². The van der Waals surface area contributed by atoms with E-state index in [1.54, 1.807) is 0 Å². The molecule has 1 aromatic rings. The fraction of sp³-hybridized carbons (Fsp3) is 0.500. The molecular weight excluding hydrogens is 230 g/mol. The Morgan fingerprint density at radius 2 is 2.33 bits per heavy atom. The van der Waals surface area contributed by atoms with Crippen molar-refractivity contribution in [3.05, 3.63) is 29.3 Å². The van der Waals surface area contributed by atoms with Crippen LogP contribution in [0.1, 0.15) is 36.4 Å². The van der Waals surface area contributed by atoms with Crippen LogP contribution < -0.4 is 10.5 Å². The molecule has 0 aliphatic heterocycles. The zero-order valence-electron chi connectivity index (χ0n) is 10.6. The zero-order valence-corrected chi connectivity index (χ0v) is 10.6. The van der Waals surface area contributed by atoms with E-state index < -0.39 is 0 Å². The van der Waals surface area contributed by atoms with Crippen molar-refractivity contribution in [2.45, 2.75) is 31.7 Å². The van der Waals surface area contributed by atoms with E-state index in [1.165, 1.54) is 18.2 Å². The molecule has 0 saturated heterocycles. The van der Waals surface area contributed by atoms with Crippen LogP contribution in [0.5, 0.6) is 5.75 Å². The van der Waals surface area contributed by atoms with Crippen molar-refractivity contribution in [3.63, 3.8) is 0 Å². The second-order valence-corrected chi connectivity index (χ2v) is 4.53. The molecule has 0 amide bonds. The molecule has 0 heterocycles. The number of benzene rings is 1. The van der Waals surface area contributed by atoms with Crippen LogP contribution in [0.4, 0.5) is 0 Å². The van der Waals surface area contributed by atoms with Crippen molar-refractivity contribution in [1.82, 2.24) is 0 Å². The van der Waals surface area contributed by atoms with Gasteiger partial charge in [-0.3, -0.25) is 4.79 Å². The number of esters is 1. The summed E-state index contributed by atoms with van der Waals surface area (Å²) in [5.74, 6) is 0.514. The van der Waals surface area contributed by atoms with Crippen LogP contribution in [-0.4, -0.2) is 19.7 Å². The van der Waals surface area contributed by atoms with Gasteiger partial charge < -0.3 is 15.2 Å². The van der Waals surface area contributed by atoms with Gasteiger partial charge in [0.15, 0.2) is 0 Å². The molecule has 0 bridgehead atoms. The van der Waals surface area contributed by atoms with E-state index in [9.17, 15) is 4.79 Å². The van der Waals surface area contributed by atoms with Crippen LogP contribution in [0, 0.1) is 0 Å². The van der Waals surface area contributed by atoms with Gasteiger partial charge in [-0.05, 0) is 42.5 Å². The number of carbonyl (C=O) groups excluding carboxylic acids is 1. The normalized spacial score (nSPS) is 18.0. The van der Waals surface area contributed by atoms with E-state index in [-0.39, 0.29) is 18.4 Å². The zero-order chi connectivity index (χ0) is 13.0. The average Bonchev–Trinajstić information content (AvgIpc) is 2.39. The number of rotatable bonds is 4. The molecule has 4 heteroatoms. The minimum absolute atomic E-state index is 0.109. The van der Waals surface area contributed by atoms with Crippen molar-refractivity contribution in [2.75, 3.05) is 13.7 Å². The van der Waals surface area contributed by atoms with Gasteiger partial charge in [-0.25, -0.2) is 0 Å². The monoisotopic (exact) mass is 249 g/mol. The second kappa shape index (κ2) is 5.87. The molecule has 4 nitrogen and oxygen atoms in total. The van der Waals surface area contributed by atoms with Crippen LogP contribution in [0.3, 0.4) is 0 Å². The number of aryl methyl sites for hydroxylation is 1. The summed E-state index contributed by atoms with van der Waals surface area (Å²) in [6.07, 6.45) is 3.53. The lowest BCUT2D eigenvalue weighted by Crippen LogP contribution is -2.17. The van der Waals surface area contributed by atoms with Crippen LogP contribution in [0.15, 0.2) is 18.2 Å². The molecular formula is C14H19NO3. The Bertz CT molecular complexity index is 431. The summed E-state index contributed by atoms with van der Waals surface area (Å²) in [4.78, 5) is 11.0. The summed E-state index contributed by atoms with van der Waals surface area (Å²) in [7, 11) is 1.38. The molecule has 0 aromatic heterocycles. The van der Waals surface area contributed by atoms with E-state index >= 15 is 0 Å². The van der Waals surface area contributed by atoms with Gasteiger partial charge in [0.25, 0.3) is 0 Å². The summed E-state index contributed by atoms with van der Waals surface area (Å²) in [6, 6.07) is 6.12. The van der Waals surface area contributed by atoms with Gasteiger partial charge in [0, 0.05) is 6.04 Å². The van der Waals surface area contributed by atoms with Crippen molar-refractivity contribution >= 4 is 5.97 Å². The van der Waals surface area contributed by atoms with Crippen molar-refractivity contribution in [2.24, 2.45) is 5.73 Å². The molecule has 1 aromatic carbocycles. The lowest BCUT2D eigenvalue weighted by molar-refractivity contribution is -0.141. The Hall–Kier alpha value is -1.55. The standard InChI is InChI=1S/C14H19NO3/c1-17-14(16)7-8-18-11-6-5-10-3-2-4-13(15)12(10)9-11/h5-6,9,13H,2-4,7-8,15H2,1H3/t13-/m0/s1. The first-order valence-corrected chi connectivity index (χ1v) is 6.28. The number of fused-ring (bicyclic) bond motifs is 1. The molecule has 0 radical (unpaired) electrons. The Kier molecular flexibility index (Phi) is 4.20. The SMILES string of the molecule is COC(=O)CCOc1ccc2c(c1)[C@@H](N)CCC2. The maximum atomic E-state index is 11.0. The van der Waals surface area contributed by atoms with Gasteiger partial charge >= 0.3 is 5.97 Å². The molecule has 0 unspecified atom stereocenters. The first-order valence-electron chi connectivity index (χ1n) is 6.28. The molecule has 1 aliphatic rings. The molecule has 2 N–H and O–H groups in total. The van der Waals surface area contributed by atoms with E-state index in [2.05, 4.69) is 10.8 Å². The largest absolute Gasteiger partial charge is 0.493 e. The van der Waals surface area contributed by atoms with E-state index in [4.69, 9.17) is 10.5 Å². The van der Waals surface area contributed by atoms with E-state index in [0.29, 0.717) is 6.61 Å². The van der Waals surface area contributed by atoms with Crippen LogP contribution in [-0.2, 0) is 16.0 Å². The predicted octanol–water partition coefficient (Wildman–Crippen LogP) is 1.96. The molecule has 0 fully saturated rings. The molecule has 18 heavy (non-hydrogen) atoms. The number of hydrogen-bond donors (Lipinski definition) is 1. The van der Waals surface area contributed by atoms with Crippen LogP contribution in [0.25, 0.3) is 0 Å². The van der Waals surface area contributed by atoms with Gasteiger partial charge in [0.2, 0.25) is 0 Å². The van der Waals surface area contributed by atoms with Gasteiger partial charge in [0.05, 0.1) is 20.1 Å². The summed E-state index contributed by atoms with van der Waals surface area (Å²) in [6.45, 7) is 0.334. The summed E-state index contributed by atoms with van der Waals surface area (Å²) in [5.41, 5.74) is 8.58. The number of nitrogens with two attached hydrogens (primary N) is 1. The quantitative estimate of drug-likeness (QED) is 0.829. The predicted molar refractivity (Wildman–Crippen MR) is 68.4 cm³/mol. The Morgan fingerprint density at radius 3 is 3.11 bits per heavy atom. The lowest BCUT2D eigenvalue weighted by atomic mass is 9.88. The highest BCUT2D eigenvalue weighted by Gasteiger charge is 2.17. The highest BCUT2D eigenvalue weighted by Crippen LogP contribution is 2.30. The van der Waals surface area contributed by atoms with E-state index in [1.807, 2.05) is 12.1 Å². The van der Waals surface area contributed by atoms with Gasteiger partial charge in [0.1, 0.15) is 5.75 Å². The molecule has 0 spiro atoms. The maximum Gasteiger partial charge on any atom is 0.308 e. The van der Waals surface area contributed by atoms with Gasteiger partial charge in [-0.1, -0.05) is 6.07 Å². The molecule has 2 rings (SSSR count). The van der Waals surface area contributed by atoms with Crippen LogP contribution in [0.2, 0.25) is 0 Å². The third-order valence-corrected chi connectivity index (χ3v) is 3.28. The number of ether oxygens (including phenoxy) is 2. The Labute approximate surface area is 107 Å². The first kappa shape index (κ1) is 12.9. The Morgan fingerprint density at radius 1 is 1.50 bits per heavy atom. The van der Waals surface area contributed by atoms with Gasteiger partial charge in [-0.15, -0.1) is 0 Å². The summed E-state index contributed by atoms with van der Waals surface area (Å²) < 4.78 is 10.1. The van der Waals surface area contributed by atoms with Crippen molar-refractivity contribution in [3.8, 4) is 5.75 Å². The third-order valence-electron chi connectivity index (χ3n) is 3.28. The Balaban J connectivity index is 1.98. The summed E-state index contributed by atoms with van der Waals surface area (Å²) in [5, 5.41) is 0. The average molecular weight is 249 g/mol. The third kappa shape index (κ3) is 3.01. The van der Waals surface area contributed by atoms with Crippen LogP contribution >= 0.6 is 0 Å². The molecule has 0 saturated carbocycles. The lowest BCUT2D eigenvalue weighted by Gasteiger charge is -2.22. The maximum absolute atomic E-state index is 11.0. The first-order chi connectivity index (χ1) is 8.70. The topological polar surface area (TPSA) is 61.5 Å². The molecule has 1 atom stereocenters. The smallest absolute Gasteiger partial charge is 0.308 e. The van der Waals surface area contributed by atoms with Crippen molar-refractivity contribution in [1.29, 1.82) is 0 Å². The molecule has 98 valence electrons.